The zero-order chi connectivity index (χ0) is 15.4. The van der Waals surface area contributed by atoms with Gasteiger partial charge in [-0.1, -0.05) is 23.7 Å². The molecule has 0 heterocycles. The van der Waals surface area contributed by atoms with Crippen molar-refractivity contribution >= 4 is 17.5 Å². The lowest BCUT2D eigenvalue weighted by atomic mass is 10.0. The summed E-state index contributed by atoms with van der Waals surface area (Å²) in [7, 11) is 0. The van der Waals surface area contributed by atoms with E-state index in [0.29, 0.717) is 18.7 Å². The lowest BCUT2D eigenvalue weighted by Crippen LogP contribution is -2.15. The molecule has 0 aromatic heterocycles. The lowest BCUT2D eigenvalue weighted by Gasteiger charge is -2.09. The van der Waals surface area contributed by atoms with Crippen molar-refractivity contribution < 1.29 is 9.18 Å². The molecule has 0 bridgehead atoms. The van der Waals surface area contributed by atoms with Crippen LogP contribution in [0.25, 0.3) is 0 Å². The smallest absolute Gasteiger partial charge is 0.248 e. The molecule has 2 aromatic rings. The number of nitrogens with two attached hydrogens (primary N) is 1. The molecule has 0 saturated carbocycles. The molecule has 0 aliphatic rings. The summed E-state index contributed by atoms with van der Waals surface area (Å²) in [5.74, 6) is -0.850. The summed E-state index contributed by atoms with van der Waals surface area (Å²) in [6.07, 6.45) is 0. The van der Waals surface area contributed by atoms with Crippen LogP contribution in [-0.2, 0) is 13.1 Å². The average Bonchev–Trinajstić information content (AvgIpc) is 2.44. The van der Waals surface area contributed by atoms with Crippen LogP contribution in [0.2, 0.25) is 5.02 Å². The monoisotopic (exact) mass is 306 g/mol. The molecule has 0 radical (unpaired) electrons. The first-order valence-corrected chi connectivity index (χ1v) is 6.89. The molecular formula is C16H16ClFN2O. The number of halogens is 2. The number of nitrogens with one attached hydrogen (secondary N) is 1. The zero-order valence-electron chi connectivity index (χ0n) is 11.6. The highest BCUT2D eigenvalue weighted by atomic mass is 35.5. The fourth-order valence-corrected chi connectivity index (χ4v) is 2.24. The molecule has 0 unspecified atom stereocenters. The summed E-state index contributed by atoms with van der Waals surface area (Å²) < 4.78 is 13.1. The van der Waals surface area contributed by atoms with Gasteiger partial charge in [0.1, 0.15) is 5.82 Å². The molecule has 5 heteroatoms. The number of amides is 1. The fraction of sp³-hybridized carbons (Fsp3) is 0.188. The van der Waals surface area contributed by atoms with Gasteiger partial charge in [0.2, 0.25) is 5.91 Å². The van der Waals surface area contributed by atoms with Crippen LogP contribution in [0.1, 0.15) is 27.0 Å². The minimum absolute atomic E-state index is 0.122. The second kappa shape index (κ2) is 6.70. The van der Waals surface area contributed by atoms with Crippen LogP contribution in [0.5, 0.6) is 0 Å². The highest BCUT2D eigenvalue weighted by Gasteiger charge is 2.05. The third-order valence-electron chi connectivity index (χ3n) is 3.26. The normalized spacial score (nSPS) is 10.6. The van der Waals surface area contributed by atoms with Gasteiger partial charge in [-0.2, -0.15) is 0 Å². The Hall–Kier alpha value is -1.91. The van der Waals surface area contributed by atoms with E-state index in [1.807, 2.05) is 13.0 Å². The minimum atomic E-state index is -0.432. The number of carbonyl (C=O) groups is 1. The number of aryl methyl sites for hydroxylation is 1. The average molecular weight is 307 g/mol. The van der Waals surface area contributed by atoms with E-state index in [2.05, 4.69) is 5.32 Å². The molecule has 0 atom stereocenters. The van der Waals surface area contributed by atoms with E-state index in [0.717, 1.165) is 16.7 Å². The maximum atomic E-state index is 13.1. The first kappa shape index (κ1) is 15.5. The van der Waals surface area contributed by atoms with Crippen LogP contribution in [0, 0.1) is 12.7 Å². The molecule has 3 nitrogen and oxygen atoms in total. The molecule has 1 amide bonds. The van der Waals surface area contributed by atoms with Gasteiger partial charge in [-0.3, -0.25) is 4.79 Å². The van der Waals surface area contributed by atoms with Crippen molar-refractivity contribution in [3.63, 3.8) is 0 Å². The van der Waals surface area contributed by atoms with Gasteiger partial charge in [0.25, 0.3) is 0 Å². The summed E-state index contributed by atoms with van der Waals surface area (Å²) in [5.41, 5.74) is 8.72. The number of benzene rings is 2. The number of hydrogen-bond acceptors (Lipinski definition) is 2. The van der Waals surface area contributed by atoms with Crippen molar-refractivity contribution in [2.24, 2.45) is 5.73 Å². The quantitative estimate of drug-likeness (QED) is 0.891. The Morgan fingerprint density at radius 2 is 2.00 bits per heavy atom. The predicted molar refractivity (Wildman–Crippen MR) is 81.7 cm³/mol. The standard InChI is InChI=1S/C16H16ClFN2O/c1-10-6-12(16(19)21)3-4-13(10)9-20-8-11-2-5-15(18)14(17)7-11/h2-7,20H,8-9H2,1H3,(H2,19,21). The summed E-state index contributed by atoms with van der Waals surface area (Å²) in [6, 6.07) is 10.0. The van der Waals surface area contributed by atoms with Crippen LogP contribution in [0.15, 0.2) is 36.4 Å². The number of carbonyl (C=O) groups excluding carboxylic acids is 1. The van der Waals surface area contributed by atoms with Crippen molar-refractivity contribution in [3.05, 3.63) is 69.5 Å². The Morgan fingerprint density at radius 3 is 2.62 bits per heavy atom. The van der Waals surface area contributed by atoms with Crippen LogP contribution >= 0.6 is 11.6 Å². The second-order valence-electron chi connectivity index (χ2n) is 4.86. The maximum Gasteiger partial charge on any atom is 0.248 e. The van der Waals surface area contributed by atoms with E-state index < -0.39 is 11.7 Å². The number of rotatable bonds is 5. The van der Waals surface area contributed by atoms with E-state index in [9.17, 15) is 9.18 Å². The SMILES string of the molecule is Cc1cc(C(N)=O)ccc1CNCc1ccc(F)c(Cl)c1. The summed E-state index contributed by atoms with van der Waals surface area (Å²) in [6.45, 7) is 3.15. The van der Waals surface area contributed by atoms with E-state index in [1.54, 1.807) is 24.3 Å². The Kier molecular flexibility index (Phi) is 4.94. The van der Waals surface area contributed by atoms with Crippen molar-refractivity contribution in [1.29, 1.82) is 0 Å². The Labute approximate surface area is 127 Å². The highest BCUT2D eigenvalue weighted by Crippen LogP contribution is 2.16. The number of hydrogen-bond donors (Lipinski definition) is 2. The lowest BCUT2D eigenvalue weighted by molar-refractivity contribution is 0.1000. The molecule has 0 aliphatic heterocycles. The van der Waals surface area contributed by atoms with Crippen LogP contribution in [0.4, 0.5) is 4.39 Å². The molecule has 110 valence electrons. The second-order valence-corrected chi connectivity index (χ2v) is 5.26. The summed E-state index contributed by atoms with van der Waals surface area (Å²) >= 11 is 5.74. The Balaban J connectivity index is 1.97. The molecule has 2 aromatic carbocycles. The fourth-order valence-electron chi connectivity index (χ4n) is 2.04. The van der Waals surface area contributed by atoms with Crippen molar-refractivity contribution in [1.82, 2.24) is 5.32 Å². The van der Waals surface area contributed by atoms with Gasteiger partial charge < -0.3 is 11.1 Å². The first-order valence-electron chi connectivity index (χ1n) is 6.51. The molecule has 0 fully saturated rings. The Morgan fingerprint density at radius 1 is 1.24 bits per heavy atom. The van der Waals surface area contributed by atoms with Gasteiger partial charge >= 0.3 is 0 Å². The van der Waals surface area contributed by atoms with Gasteiger partial charge in [-0.05, 0) is 47.9 Å². The highest BCUT2D eigenvalue weighted by molar-refractivity contribution is 6.30. The summed E-state index contributed by atoms with van der Waals surface area (Å²) in [5, 5.41) is 3.38. The van der Waals surface area contributed by atoms with Crippen molar-refractivity contribution in [2.45, 2.75) is 20.0 Å². The minimum Gasteiger partial charge on any atom is -0.366 e. The van der Waals surface area contributed by atoms with E-state index in [-0.39, 0.29) is 5.02 Å². The van der Waals surface area contributed by atoms with E-state index in [1.165, 1.54) is 6.07 Å². The third-order valence-corrected chi connectivity index (χ3v) is 3.55. The molecule has 0 saturated heterocycles. The van der Waals surface area contributed by atoms with Crippen LogP contribution < -0.4 is 11.1 Å². The zero-order valence-corrected chi connectivity index (χ0v) is 12.4. The van der Waals surface area contributed by atoms with Crippen LogP contribution in [0.3, 0.4) is 0 Å². The topological polar surface area (TPSA) is 55.1 Å². The van der Waals surface area contributed by atoms with Crippen molar-refractivity contribution in [3.8, 4) is 0 Å². The van der Waals surface area contributed by atoms with E-state index in [4.69, 9.17) is 17.3 Å². The maximum absolute atomic E-state index is 13.1. The van der Waals surface area contributed by atoms with Gasteiger partial charge in [-0.15, -0.1) is 0 Å². The Bertz CT molecular complexity index is 673. The third kappa shape index (κ3) is 4.03. The molecular weight excluding hydrogens is 291 g/mol. The molecule has 0 spiro atoms. The predicted octanol–water partition coefficient (Wildman–Crippen LogP) is 3.18. The van der Waals surface area contributed by atoms with Gasteiger partial charge in [0.05, 0.1) is 5.02 Å². The van der Waals surface area contributed by atoms with Gasteiger partial charge in [0.15, 0.2) is 0 Å². The van der Waals surface area contributed by atoms with Gasteiger partial charge in [-0.25, -0.2) is 4.39 Å². The molecule has 2 rings (SSSR count). The van der Waals surface area contributed by atoms with Crippen LogP contribution in [-0.4, -0.2) is 5.91 Å². The molecule has 21 heavy (non-hydrogen) atoms. The van der Waals surface area contributed by atoms with Gasteiger partial charge in [0, 0.05) is 18.7 Å². The van der Waals surface area contributed by atoms with Crippen molar-refractivity contribution in [2.75, 3.05) is 0 Å². The largest absolute Gasteiger partial charge is 0.366 e. The molecule has 3 N–H and O–H groups in total. The molecule has 0 aliphatic carbocycles. The van der Waals surface area contributed by atoms with E-state index >= 15 is 0 Å². The summed E-state index contributed by atoms with van der Waals surface area (Å²) in [4.78, 5) is 11.1. The first-order chi connectivity index (χ1) is 9.97. The number of primary amides is 1.